The van der Waals surface area contributed by atoms with Crippen LogP contribution in [0, 0.1) is 5.92 Å². The van der Waals surface area contributed by atoms with Crippen molar-refractivity contribution in [3.8, 4) is 5.75 Å². The van der Waals surface area contributed by atoms with Crippen molar-refractivity contribution in [1.82, 2.24) is 19.8 Å². The first-order valence-corrected chi connectivity index (χ1v) is 12.1. The van der Waals surface area contributed by atoms with Crippen LogP contribution in [-0.4, -0.2) is 73.2 Å². The number of ether oxygens (including phenoxy) is 1. The number of benzene rings is 1. The minimum Gasteiger partial charge on any atom is -0.494 e. The van der Waals surface area contributed by atoms with E-state index in [4.69, 9.17) is 15.9 Å². The summed E-state index contributed by atoms with van der Waals surface area (Å²) in [4.78, 5) is 28.2. The molecule has 0 spiro atoms. The second-order valence-electron chi connectivity index (χ2n) is 8.88. The third-order valence-corrected chi connectivity index (χ3v) is 7.45. The number of nitrogens with two attached hydrogens (primary N) is 2. The lowest BCUT2D eigenvalue weighted by molar-refractivity contribution is -0.134. The second-order valence-corrected chi connectivity index (χ2v) is 9.97. The molecule has 0 saturated carbocycles. The molecule has 1 atom stereocenters. The van der Waals surface area contributed by atoms with Crippen molar-refractivity contribution in [2.45, 2.75) is 19.3 Å². The summed E-state index contributed by atoms with van der Waals surface area (Å²) in [6, 6.07) is 3.59. The van der Waals surface area contributed by atoms with Gasteiger partial charge in [0, 0.05) is 42.7 Å². The van der Waals surface area contributed by atoms with E-state index in [1.807, 2.05) is 32.1 Å². The molecule has 0 radical (unpaired) electrons. The van der Waals surface area contributed by atoms with Crippen molar-refractivity contribution in [3.05, 3.63) is 34.5 Å². The predicted octanol–water partition coefficient (Wildman–Crippen LogP) is 1.33. The average Bonchev–Trinajstić information content (AvgIpc) is 3.21. The average molecular weight is 483 g/mol. The van der Waals surface area contributed by atoms with Crippen molar-refractivity contribution < 1.29 is 14.9 Å². The molecule has 1 aliphatic rings. The smallest absolute Gasteiger partial charge is 0.225 e. The molecule has 0 bridgehead atoms. The number of hydrogen-bond donors (Lipinski definition) is 3. The molecule has 4 rings (SSSR count). The molecule has 10 heteroatoms. The van der Waals surface area contributed by atoms with E-state index in [2.05, 4.69) is 20.2 Å². The number of nitrogens with one attached hydrogen (secondary N) is 1. The standard InChI is InChI=1S/C24H31N7O2S/c1-30(2)7-8-31(3)24(32)14-5-6-16-20(10-14)34-23-21(16)22(27-13-28-23)29-18-9-15(12-25)17(26)11-19(18)33-4/h9,11-14,25H,5-8,10,26H2,1-4H3,(H,27,28,29)/p+1/t14-/m0/s1. The Morgan fingerprint density at radius 2 is 2.12 bits per heavy atom. The summed E-state index contributed by atoms with van der Waals surface area (Å²) in [5.41, 5.74) is 9.25. The number of thiophene rings is 1. The van der Waals surface area contributed by atoms with Crippen LogP contribution in [0.3, 0.4) is 0 Å². The molecule has 180 valence electrons. The number of anilines is 3. The highest BCUT2D eigenvalue weighted by Crippen LogP contribution is 2.41. The maximum absolute atomic E-state index is 13.0. The zero-order chi connectivity index (χ0) is 24.4. The van der Waals surface area contributed by atoms with Gasteiger partial charge in [0.15, 0.2) is 6.21 Å². The largest absolute Gasteiger partial charge is 0.494 e. The number of aryl methyl sites for hydroxylation is 1. The highest BCUT2D eigenvalue weighted by molar-refractivity contribution is 7.19. The maximum atomic E-state index is 13.0. The summed E-state index contributed by atoms with van der Waals surface area (Å²) in [5, 5.41) is 10.1. The lowest BCUT2D eigenvalue weighted by Gasteiger charge is -2.27. The van der Waals surface area contributed by atoms with Crippen LogP contribution in [-0.2, 0) is 17.6 Å². The molecule has 0 saturated heterocycles. The molecular formula is C24H32N7O2S+. The fourth-order valence-electron chi connectivity index (χ4n) is 4.34. The van der Waals surface area contributed by atoms with Crippen molar-refractivity contribution >= 4 is 50.9 Å². The first kappa shape index (κ1) is 23.9. The Labute approximate surface area is 203 Å². The number of nitrogen functional groups attached to an aromatic ring is 1. The highest BCUT2D eigenvalue weighted by atomic mass is 32.1. The number of methoxy groups -OCH3 is 1. The van der Waals surface area contributed by atoms with E-state index < -0.39 is 0 Å². The van der Waals surface area contributed by atoms with E-state index in [0.29, 0.717) is 22.8 Å². The summed E-state index contributed by atoms with van der Waals surface area (Å²) in [5.74, 6) is 1.52. The summed E-state index contributed by atoms with van der Waals surface area (Å²) in [6.07, 6.45) is 5.39. The first-order chi connectivity index (χ1) is 16.3. The number of amides is 1. The number of rotatable bonds is 8. The van der Waals surface area contributed by atoms with Crippen LogP contribution in [0.1, 0.15) is 22.4 Å². The lowest BCUT2D eigenvalue weighted by atomic mass is 9.87. The Bertz CT molecular complexity index is 1220. The highest BCUT2D eigenvalue weighted by Gasteiger charge is 2.30. The molecule has 0 aliphatic heterocycles. The van der Waals surface area contributed by atoms with Gasteiger partial charge in [-0.3, -0.25) is 10.2 Å². The van der Waals surface area contributed by atoms with E-state index in [0.717, 1.165) is 48.3 Å². The summed E-state index contributed by atoms with van der Waals surface area (Å²) in [7, 11) is 7.53. The molecule has 1 aliphatic carbocycles. The van der Waals surface area contributed by atoms with Crippen LogP contribution in [0.15, 0.2) is 18.5 Å². The van der Waals surface area contributed by atoms with Crippen LogP contribution < -0.4 is 21.2 Å². The molecule has 3 aromatic rings. The van der Waals surface area contributed by atoms with E-state index >= 15 is 0 Å². The quantitative estimate of drug-likeness (QED) is 0.327. The van der Waals surface area contributed by atoms with Crippen LogP contribution in [0.4, 0.5) is 17.2 Å². The van der Waals surface area contributed by atoms with Crippen LogP contribution >= 0.6 is 11.3 Å². The zero-order valence-corrected chi connectivity index (χ0v) is 20.9. The van der Waals surface area contributed by atoms with Gasteiger partial charge in [0.25, 0.3) is 0 Å². The molecule has 0 fully saturated rings. The number of carbonyl (C=O) groups is 1. The van der Waals surface area contributed by atoms with Gasteiger partial charge in [-0.25, -0.2) is 9.97 Å². The Morgan fingerprint density at radius 3 is 2.82 bits per heavy atom. The fourth-order valence-corrected chi connectivity index (χ4v) is 5.61. The molecule has 5 N–H and O–H groups in total. The van der Waals surface area contributed by atoms with Gasteiger partial charge in [-0.1, -0.05) is 0 Å². The predicted molar refractivity (Wildman–Crippen MR) is 137 cm³/mol. The molecule has 9 nitrogen and oxygen atoms in total. The molecule has 2 aromatic heterocycles. The van der Waals surface area contributed by atoms with Crippen molar-refractivity contribution in [3.63, 3.8) is 0 Å². The van der Waals surface area contributed by atoms with Crippen LogP contribution in [0.5, 0.6) is 5.75 Å². The van der Waals surface area contributed by atoms with Crippen molar-refractivity contribution in [2.24, 2.45) is 5.92 Å². The third kappa shape index (κ3) is 4.69. The fraction of sp³-hybridized carbons (Fsp3) is 0.417. The van der Waals surface area contributed by atoms with Gasteiger partial charge < -0.3 is 25.6 Å². The number of likely N-dealkylation sites (N-methyl/N-ethyl adjacent to an activating group) is 2. The third-order valence-electron chi connectivity index (χ3n) is 6.29. The summed E-state index contributed by atoms with van der Waals surface area (Å²) < 4.78 is 5.52. The summed E-state index contributed by atoms with van der Waals surface area (Å²) >= 11 is 1.65. The lowest BCUT2D eigenvalue weighted by Crippen LogP contribution is -2.39. The van der Waals surface area contributed by atoms with Gasteiger partial charge in [-0.2, -0.15) is 0 Å². The number of aromatic nitrogens is 2. The first-order valence-electron chi connectivity index (χ1n) is 11.3. The Balaban J connectivity index is 1.62. The SMILES string of the molecule is COc1cc(N)c(C=[NH2+])cc1Nc1ncnc2sc3c(c12)CC[C@H](C(=O)N(C)CCN(C)C)C3. The Kier molecular flexibility index (Phi) is 6.99. The number of carbonyl (C=O) groups excluding carboxylic acids is 1. The van der Waals surface area contributed by atoms with Gasteiger partial charge >= 0.3 is 0 Å². The molecule has 0 unspecified atom stereocenters. The van der Waals surface area contributed by atoms with Gasteiger partial charge in [0.05, 0.1) is 23.7 Å². The minimum atomic E-state index is -0.00284. The summed E-state index contributed by atoms with van der Waals surface area (Å²) in [6.45, 7) is 1.58. The zero-order valence-electron chi connectivity index (χ0n) is 20.1. The van der Waals surface area contributed by atoms with E-state index in [1.54, 1.807) is 30.8 Å². The molecular weight excluding hydrogens is 450 g/mol. The maximum Gasteiger partial charge on any atom is 0.225 e. The molecule has 2 heterocycles. The number of fused-ring (bicyclic) bond motifs is 3. The Morgan fingerprint density at radius 1 is 1.32 bits per heavy atom. The van der Waals surface area contributed by atoms with E-state index in [1.165, 1.54) is 16.7 Å². The second kappa shape index (κ2) is 9.94. The van der Waals surface area contributed by atoms with E-state index in [-0.39, 0.29) is 11.8 Å². The van der Waals surface area contributed by atoms with Crippen molar-refractivity contribution in [1.29, 1.82) is 0 Å². The Hall–Kier alpha value is -3.24. The topological polar surface area (TPSA) is 122 Å². The van der Waals surface area contributed by atoms with Gasteiger partial charge in [-0.05, 0) is 45.0 Å². The van der Waals surface area contributed by atoms with Gasteiger partial charge in [0.2, 0.25) is 5.91 Å². The van der Waals surface area contributed by atoms with Crippen LogP contribution in [0.2, 0.25) is 0 Å². The van der Waals surface area contributed by atoms with E-state index in [9.17, 15) is 4.79 Å². The minimum absolute atomic E-state index is 0.00284. The molecule has 34 heavy (non-hydrogen) atoms. The monoisotopic (exact) mass is 482 g/mol. The van der Waals surface area contributed by atoms with Crippen molar-refractivity contribution in [2.75, 3.05) is 52.4 Å². The normalized spacial score (nSPS) is 15.3. The van der Waals surface area contributed by atoms with Crippen LogP contribution in [0.25, 0.3) is 10.2 Å². The number of nitrogens with zero attached hydrogens (tertiary/aromatic N) is 4. The number of hydrogen-bond acceptors (Lipinski definition) is 8. The van der Waals surface area contributed by atoms with Gasteiger partial charge in [-0.15, -0.1) is 11.3 Å². The van der Waals surface area contributed by atoms with Gasteiger partial charge in [0.1, 0.15) is 22.7 Å². The molecule has 1 amide bonds. The molecule has 1 aromatic carbocycles.